The highest BCUT2D eigenvalue weighted by Crippen LogP contribution is 2.24. The summed E-state index contributed by atoms with van der Waals surface area (Å²) in [6.45, 7) is 8.22. The first-order valence-electron chi connectivity index (χ1n) is 10.6. The van der Waals surface area contributed by atoms with Gasteiger partial charge in [-0.1, -0.05) is 30.4 Å². The highest BCUT2D eigenvalue weighted by molar-refractivity contribution is 7.80. The van der Waals surface area contributed by atoms with Gasteiger partial charge in [0.2, 0.25) is 0 Å². The summed E-state index contributed by atoms with van der Waals surface area (Å²) in [5, 5.41) is 7.00. The van der Waals surface area contributed by atoms with Crippen LogP contribution in [0.4, 0.5) is 4.79 Å². The van der Waals surface area contributed by atoms with Gasteiger partial charge >= 0.3 is 6.09 Å². The molecule has 8 heteroatoms. The monoisotopic (exact) mass is 471 g/mol. The summed E-state index contributed by atoms with van der Waals surface area (Å²) in [6, 6.07) is 13.9. The lowest BCUT2D eigenvalue weighted by atomic mass is 10.2. The van der Waals surface area contributed by atoms with Crippen molar-refractivity contribution in [2.24, 2.45) is 0 Å². The first-order valence-corrected chi connectivity index (χ1v) is 11.0. The Balaban J connectivity index is 0.000000315. The molecule has 178 valence electrons. The smallest absolute Gasteiger partial charge is 0.408 e. The van der Waals surface area contributed by atoms with Crippen molar-refractivity contribution in [3.8, 4) is 11.5 Å². The van der Waals surface area contributed by atoms with Crippen LogP contribution in [0.15, 0.2) is 48.7 Å². The Morgan fingerprint density at radius 3 is 2.42 bits per heavy atom. The zero-order chi connectivity index (χ0) is 24.4. The van der Waals surface area contributed by atoms with Crippen LogP contribution in [-0.2, 0) is 11.3 Å². The molecule has 1 heterocycles. The van der Waals surface area contributed by atoms with Crippen LogP contribution in [0.2, 0.25) is 0 Å². The number of benzene rings is 2. The zero-order valence-electron chi connectivity index (χ0n) is 20.1. The van der Waals surface area contributed by atoms with Gasteiger partial charge in [-0.25, -0.2) is 4.79 Å². The minimum atomic E-state index is -0.532. The fourth-order valence-corrected chi connectivity index (χ4v) is 3.08. The van der Waals surface area contributed by atoms with E-state index in [-0.39, 0.29) is 6.54 Å². The number of para-hydroxylation sites is 1. The second kappa shape index (κ2) is 12.1. The number of carbonyl (C=O) groups is 1. The van der Waals surface area contributed by atoms with Gasteiger partial charge in [-0.2, -0.15) is 0 Å². The van der Waals surface area contributed by atoms with E-state index in [1.54, 1.807) is 41.1 Å². The van der Waals surface area contributed by atoms with E-state index in [1.165, 1.54) is 16.5 Å². The molecule has 0 spiro atoms. The summed E-state index contributed by atoms with van der Waals surface area (Å²) < 4.78 is 15.6. The van der Waals surface area contributed by atoms with Crippen molar-refractivity contribution in [2.75, 3.05) is 20.8 Å². The van der Waals surface area contributed by atoms with Crippen molar-refractivity contribution in [3.63, 3.8) is 0 Å². The summed E-state index contributed by atoms with van der Waals surface area (Å²) in [4.78, 5) is 15.2. The van der Waals surface area contributed by atoms with E-state index in [0.717, 1.165) is 11.3 Å². The number of carbonyl (C=O) groups excluding carboxylic acids is 1. The summed E-state index contributed by atoms with van der Waals surface area (Å²) in [5.41, 5.74) is 2.94. The molecule has 33 heavy (non-hydrogen) atoms. The van der Waals surface area contributed by atoms with Gasteiger partial charge in [0.1, 0.15) is 17.1 Å². The molecular weight excluding hydrogens is 438 g/mol. The second-order valence-electron chi connectivity index (χ2n) is 8.33. The number of nitrogens with one attached hydrogen (secondary N) is 3. The molecule has 3 rings (SSSR count). The highest BCUT2D eigenvalue weighted by atomic mass is 32.1. The zero-order valence-corrected chi connectivity index (χ0v) is 20.9. The first-order chi connectivity index (χ1) is 15.6. The number of hydrogen-bond acceptors (Lipinski definition) is 5. The lowest BCUT2D eigenvalue weighted by Crippen LogP contribution is -2.38. The fourth-order valence-electron chi connectivity index (χ4n) is 2.94. The van der Waals surface area contributed by atoms with E-state index >= 15 is 0 Å². The molecule has 0 atom stereocenters. The summed E-state index contributed by atoms with van der Waals surface area (Å²) in [6.07, 6.45) is 1.54. The SMILES string of the molecule is COc1ccc(CNC(=S)CNC(=O)OC(C)(C)C)c(OC)c1.Cc1c[nH]c2ccccc12. The lowest BCUT2D eigenvalue weighted by Gasteiger charge is -2.20. The quantitative estimate of drug-likeness (QED) is 0.433. The number of ether oxygens (including phenoxy) is 3. The maximum Gasteiger partial charge on any atom is 0.408 e. The molecule has 2 aromatic carbocycles. The van der Waals surface area contributed by atoms with Gasteiger partial charge in [-0.15, -0.1) is 0 Å². The van der Waals surface area contributed by atoms with Crippen molar-refractivity contribution in [1.82, 2.24) is 15.6 Å². The van der Waals surface area contributed by atoms with Gasteiger partial charge in [-0.05, 0) is 51.5 Å². The van der Waals surface area contributed by atoms with Crippen LogP contribution in [-0.4, -0.2) is 42.4 Å². The van der Waals surface area contributed by atoms with Crippen LogP contribution in [0.25, 0.3) is 10.9 Å². The molecule has 1 aromatic heterocycles. The third-order valence-electron chi connectivity index (χ3n) is 4.56. The summed E-state index contributed by atoms with van der Waals surface area (Å²) >= 11 is 5.19. The van der Waals surface area contributed by atoms with Crippen molar-refractivity contribution in [1.29, 1.82) is 0 Å². The maximum atomic E-state index is 11.6. The molecule has 7 nitrogen and oxygen atoms in total. The van der Waals surface area contributed by atoms with Gasteiger partial charge < -0.3 is 29.8 Å². The molecule has 0 unspecified atom stereocenters. The molecule has 0 aliphatic carbocycles. The van der Waals surface area contributed by atoms with Gasteiger partial charge in [0, 0.05) is 35.3 Å². The predicted molar refractivity (Wildman–Crippen MR) is 136 cm³/mol. The molecule has 1 amide bonds. The molecule has 0 saturated heterocycles. The van der Waals surface area contributed by atoms with E-state index in [1.807, 2.05) is 24.4 Å². The van der Waals surface area contributed by atoms with Gasteiger partial charge in [0.05, 0.1) is 25.8 Å². The first kappa shape index (κ1) is 26.0. The number of fused-ring (bicyclic) bond motifs is 1. The molecule has 0 aliphatic rings. The molecule has 0 bridgehead atoms. The second-order valence-corrected chi connectivity index (χ2v) is 8.82. The van der Waals surface area contributed by atoms with E-state index in [2.05, 4.69) is 40.7 Å². The van der Waals surface area contributed by atoms with Crippen molar-refractivity contribution in [2.45, 2.75) is 39.8 Å². The number of hydrogen-bond donors (Lipinski definition) is 3. The molecule has 0 saturated carbocycles. The standard InChI is InChI=1S/C16H24N2O4S.C9H9N/c1-16(2,3)22-15(19)18-10-14(23)17-9-11-6-7-12(20-4)8-13(11)21-5;1-7-6-10-9-5-3-2-4-8(7)9/h6-8H,9-10H2,1-5H3,(H,17,23)(H,18,19);2-6,10H,1H3. The summed E-state index contributed by atoms with van der Waals surface area (Å²) in [5.74, 6) is 1.43. The third kappa shape index (κ3) is 8.65. The Morgan fingerprint density at radius 1 is 1.06 bits per heavy atom. The van der Waals surface area contributed by atoms with E-state index in [4.69, 9.17) is 26.4 Å². The Hall–Kier alpha value is -3.26. The topological polar surface area (TPSA) is 84.6 Å². The van der Waals surface area contributed by atoms with Crippen LogP contribution in [0.1, 0.15) is 31.9 Å². The van der Waals surface area contributed by atoms with Crippen LogP contribution < -0.4 is 20.1 Å². The van der Waals surface area contributed by atoms with Crippen LogP contribution in [0.3, 0.4) is 0 Å². The maximum absolute atomic E-state index is 11.6. The highest BCUT2D eigenvalue weighted by Gasteiger charge is 2.16. The van der Waals surface area contributed by atoms with Gasteiger partial charge in [0.25, 0.3) is 0 Å². The molecule has 0 radical (unpaired) electrons. The normalized spacial score (nSPS) is 10.6. The average Bonchev–Trinajstić information content (AvgIpc) is 3.16. The number of alkyl carbamates (subject to hydrolysis) is 1. The Morgan fingerprint density at radius 2 is 1.79 bits per heavy atom. The van der Waals surface area contributed by atoms with Crippen molar-refractivity contribution in [3.05, 3.63) is 59.8 Å². The lowest BCUT2D eigenvalue weighted by molar-refractivity contribution is 0.0536. The molecular formula is C25H33N3O4S. The van der Waals surface area contributed by atoms with Crippen LogP contribution >= 0.6 is 12.2 Å². The number of aryl methyl sites for hydroxylation is 1. The van der Waals surface area contributed by atoms with Crippen LogP contribution in [0.5, 0.6) is 11.5 Å². The molecule has 0 fully saturated rings. The third-order valence-corrected chi connectivity index (χ3v) is 4.85. The number of amides is 1. The van der Waals surface area contributed by atoms with E-state index in [9.17, 15) is 4.79 Å². The van der Waals surface area contributed by atoms with E-state index in [0.29, 0.717) is 17.3 Å². The number of methoxy groups -OCH3 is 2. The molecule has 3 N–H and O–H groups in total. The van der Waals surface area contributed by atoms with Gasteiger partial charge in [-0.3, -0.25) is 0 Å². The fraction of sp³-hybridized carbons (Fsp3) is 0.360. The number of H-pyrrole nitrogens is 1. The van der Waals surface area contributed by atoms with Crippen LogP contribution in [0, 0.1) is 6.92 Å². The Kier molecular flexibility index (Phi) is 9.54. The number of aromatic amines is 1. The number of rotatable bonds is 6. The van der Waals surface area contributed by atoms with Crippen molar-refractivity contribution >= 4 is 34.2 Å². The average molecular weight is 472 g/mol. The Bertz CT molecular complexity index is 1070. The number of aromatic nitrogens is 1. The van der Waals surface area contributed by atoms with E-state index < -0.39 is 11.7 Å². The molecule has 0 aliphatic heterocycles. The van der Waals surface area contributed by atoms with Gasteiger partial charge in [0.15, 0.2) is 0 Å². The minimum absolute atomic E-state index is 0.211. The Labute approximate surface area is 200 Å². The number of thiocarbonyl (C=S) groups is 1. The predicted octanol–water partition coefficient (Wildman–Crippen LogP) is 5.12. The summed E-state index contributed by atoms with van der Waals surface area (Å²) in [7, 11) is 3.20. The largest absolute Gasteiger partial charge is 0.497 e. The minimum Gasteiger partial charge on any atom is -0.497 e. The molecule has 3 aromatic rings. The van der Waals surface area contributed by atoms with Crippen molar-refractivity contribution < 1.29 is 19.0 Å².